The number of methoxy groups -OCH3 is 1. The molecule has 0 saturated carbocycles. The SMILES string of the molecule is COc1cn2ccnc2cc1-c1cc2c(cc1C(F)F)N(c1nn(C3CCN(CC4CCN(c5cccc6c5n(C)c(=O)n6C5CCC(=O)NC5=O)CC4)CC3)c3c1CN(C(C)=O)CC3)CCC2. The van der Waals surface area contributed by atoms with Gasteiger partial charge in [0.15, 0.2) is 5.82 Å². The molecule has 9 heterocycles. The van der Waals surface area contributed by atoms with E-state index in [1.807, 2.05) is 27.5 Å². The van der Waals surface area contributed by atoms with E-state index < -0.39 is 18.4 Å². The van der Waals surface area contributed by atoms with Crippen molar-refractivity contribution >= 4 is 51.6 Å². The molecule has 0 spiro atoms. The number of aromatic nitrogens is 6. The number of imidazole rings is 2. The van der Waals surface area contributed by atoms with Gasteiger partial charge in [-0.1, -0.05) is 6.07 Å². The molecule has 356 valence electrons. The molecule has 3 amide bonds. The second kappa shape index (κ2) is 17.5. The molecule has 1 N–H and O–H groups in total. The van der Waals surface area contributed by atoms with Gasteiger partial charge in [-0.3, -0.25) is 33.5 Å². The molecular formula is C50H57F2N11O5. The summed E-state index contributed by atoms with van der Waals surface area (Å²) in [5.41, 5.74) is 7.64. The largest absolute Gasteiger partial charge is 0.495 e. The van der Waals surface area contributed by atoms with Gasteiger partial charge in [0.05, 0.1) is 42.6 Å². The van der Waals surface area contributed by atoms with Gasteiger partial charge < -0.3 is 28.7 Å². The lowest BCUT2D eigenvalue weighted by Crippen LogP contribution is -2.44. The lowest BCUT2D eigenvalue weighted by molar-refractivity contribution is -0.135. The number of aryl methyl sites for hydroxylation is 2. The van der Waals surface area contributed by atoms with E-state index in [-0.39, 0.29) is 35.5 Å². The number of nitrogens with one attached hydrogen (secondary N) is 1. The van der Waals surface area contributed by atoms with E-state index in [0.29, 0.717) is 66.4 Å². The average Bonchev–Trinajstić information content (AvgIpc) is 4.04. The molecule has 18 heteroatoms. The number of nitrogens with zero attached hydrogens (tertiary/aromatic N) is 10. The molecule has 11 rings (SSSR count). The number of carbonyl (C=O) groups is 3. The normalized spacial score (nSPS) is 19.9. The number of halogens is 2. The lowest BCUT2D eigenvalue weighted by atomic mass is 9.91. The summed E-state index contributed by atoms with van der Waals surface area (Å²) >= 11 is 0. The van der Waals surface area contributed by atoms with E-state index >= 15 is 8.78 Å². The van der Waals surface area contributed by atoms with E-state index in [9.17, 15) is 19.2 Å². The summed E-state index contributed by atoms with van der Waals surface area (Å²) in [5.74, 6) is 1.03. The van der Waals surface area contributed by atoms with Crippen LogP contribution in [0.4, 0.5) is 26.0 Å². The second-order valence-corrected chi connectivity index (χ2v) is 19.2. The van der Waals surface area contributed by atoms with Crippen molar-refractivity contribution in [2.24, 2.45) is 13.0 Å². The first kappa shape index (κ1) is 44.0. The first-order valence-electron chi connectivity index (χ1n) is 24.1. The molecule has 1 atom stereocenters. The van der Waals surface area contributed by atoms with Crippen LogP contribution >= 0.6 is 0 Å². The monoisotopic (exact) mass is 929 g/mol. The molecule has 2 aromatic carbocycles. The van der Waals surface area contributed by atoms with Gasteiger partial charge >= 0.3 is 5.69 Å². The van der Waals surface area contributed by atoms with Crippen LogP contribution in [-0.4, -0.2) is 109 Å². The van der Waals surface area contributed by atoms with Gasteiger partial charge in [0, 0.05) is 113 Å². The van der Waals surface area contributed by atoms with Crippen molar-refractivity contribution in [1.82, 2.24) is 43.4 Å². The fourth-order valence-electron chi connectivity index (χ4n) is 11.8. The third-order valence-electron chi connectivity index (χ3n) is 15.4. The molecule has 0 bridgehead atoms. The van der Waals surface area contributed by atoms with E-state index in [2.05, 4.69) is 35.7 Å². The molecule has 16 nitrogen and oxygen atoms in total. The number of amides is 3. The minimum Gasteiger partial charge on any atom is -0.495 e. The molecule has 4 aromatic heterocycles. The maximum atomic E-state index is 15.2. The predicted octanol–water partition coefficient (Wildman–Crippen LogP) is 6.32. The number of alkyl halides is 2. The first-order valence-corrected chi connectivity index (χ1v) is 24.1. The Morgan fingerprint density at radius 2 is 1.74 bits per heavy atom. The molecule has 5 aliphatic rings. The van der Waals surface area contributed by atoms with Gasteiger partial charge in [-0.15, -0.1) is 0 Å². The van der Waals surface area contributed by atoms with Crippen molar-refractivity contribution in [3.63, 3.8) is 0 Å². The number of para-hydroxylation sites is 1. The number of piperidine rings is 3. The van der Waals surface area contributed by atoms with Crippen molar-refractivity contribution in [1.29, 1.82) is 0 Å². The van der Waals surface area contributed by atoms with E-state index in [0.717, 1.165) is 111 Å². The highest BCUT2D eigenvalue weighted by Gasteiger charge is 2.37. The Kier molecular flexibility index (Phi) is 11.3. The van der Waals surface area contributed by atoms with Crippen molar-refractivity contribution in [2.45, 2.75) is 89.8 Å². The lowest BCUT2D eigenvalue weighted by Gasteiger charge is -2.39. The number of fused-ring (bicyclic) bond motifs is 4. The Morgan fingerprint density at radius 3 is 2.49 bits per heavy atom. The van der Waals surface area contributed by atoms with E-state index in [1.165, 1.54) is 0 Å². The summed E-state index contributed by atoms with van der Waals surface area (Å²) in [6.45, 7) is 7.85. The molecule has 0 radical (unpaired) electrons. The predicted molar refractivity (Wildman–Crippen MR) is 253 cm³/mol. The van der Waals surface area contributed by atoms with Crippen LogP contribution in [0, 0.1) is 5.92 Å². The Morgan fingerprint density at radius 1 is 0.926 bits per heavy atom. The fraction of sp³-hybridized carbons (Fsp3) is 0.480. The summed E-state index contributed by atoms with van der Waals surface area (Å²) in [6, 6.07) is 10.7. The zero-order valence-corrected chi connectivity index (χ0v) is 38.8. The van der Waals surface area contributed by atoms with Gasteiger partial charge in [0.25, 0.3) is 6.43 Å². The number of likely N-dealkylation sites (tertiary alicyclic amines) is 1. The average molecular weight is 930 g/mol. The Hall–Kier alpha value is -6.56. The van der Waals surface area contributed by atoms with Crippen LogP contribution in [0.15, 0.2) is 59.8 Å². The topological polar surface area (TPSA) is 147 Å². The number of hydrogen-bond donors (Lipinski definition) is 1. The zero-order chi connectivity index (χ0) is 47.0. The quantitative estimate of drug-likeness (QED) is 0.164. The minimum absolute atomic E-state index is 0.00657. The van der Waals surface area contributed by atoms with Crippen molar-refractivity contribution in [3.05, 3.63) is 87.9 Å². The van der Waals surface area contributed by atoms with Gasteiger partial charge in [-0.05, 0) is 92.3 Å². The van der Waals surface area contributed by atoms with Gasteiger partial charge in [-0.25, -0.2) is 18.6 Å². The van der Waals surface area contributed by atoms with Crippen molar-refractivity contribution < 1.29 is 27.9 Å². The summed E-state index contributed by atoms with van der Waals surface area (Å²) in [6.07, 6.45) is 9.12. The summed E-state index contributed by atoms with van der Waals surface area (Å²) < 4.78 is 43.3. The van der Waals surface area contributed by atoms with Crippen LogP contribution in [0.3, 0.4) is 0 Å². The third kappa shape index (κ3) is 7.60. The van der Waals surface area contributed by atoms with E-state index in [1.54, 1.807) is 60.9 Å². The third-order valence-corrected chi connectivity index (χ3v) is 15.4. The van der Waals surface area contributed by atoms with Gasteiger partial charge in [0.2, 0.25) is 17.7 Å². The highest BCUT2D eigenvalue weighted by molar-refractivity contribution is 6.00. The second-order valence-electron chi connectivity index (χ2n) is 19.2. The summed E-state index contributed by atoms with van der Waals surface area (Å²) in [4.78, 5) is 64.4. The number of ether oxygens (including phenoxy) is 1. The summed E-state index contributed by atoms with van der Waals surface area (Å²) in [5, 5.41) is 7.80. The molecule has 68 heavy (non-hydrogen) atoms. The van der Waals surface area contributed by atoms with Crippen LogP contribution < -0.4 is 25.5 Å². The van der Waals surface area contributed by atoms with Crippen LogP contribution in [0.2, 0.25) is 0 Å². The smallest absolute Gasteiger partial charge is 0.329 e. The molecule has 3 fully saturated rings. The van der Waals surface area contributed by atoms with Crippen molar-refractivity contribution in [3.8, 4) is 16.9 Å². The molecular weight excluding hydrogens is 873 g/mol. The van der Waals surface area contributed by atoms with Gasteiger partial charge in [-0.2, -0.15) is 5.10 Å². The number of imide groups is 1. The Labute approximate surface area is 392 Å². The number of anilines is 3. The zero-order valence-electron chi connectivity index (χ0n) is 38.8. The standard InChI is InChI=1S/C50H57F2N11O5/c1-30(64)59-22-15-38-37(28-59)48(61-17-5-6-32-24-34(36(47(51)52)25-42(32)61)35-26-44-53-16-23-60(44)29-43(35)68-3)55-63(38)33-13-18-57(19-14-33)27-31-11-20-58(21-12-31)39-7-4-8-40-46(39)56(2)50(67)62(40)41-9-10-45(65)54-49(41)66/h4,7-8,16,23-26,29,31,33,41,47H,5-6,9-15,17-22,27-28H2,1-3H3,(H,54,65,66). The maximum absolute atomic E-state index is 15.2. The molecule has 1 unspecified atom stereocenters. The number of benzene rings is 2. The van der Waals surface area contributed by atoms with E-state index in [4.69, 9.17) is 9.84 Å². The number of carbonyl (C=O) groups excluding carboxylic acids is 3. The number of pyridine rings is 1. The Bertz CT molecular complexity index is 3030. The highest BCUT2D eigenvalue weighted by atomic mass is 19.3. The van der Waals surface area contributed by atoms with Crippen LogP contribution in [-0.2, 0) is 40.8 Å². The van der Waals surface area contributed by atoms with Crippen molar-refractivity contribution in [2.75, 3.05) is 62.7 Å². The fourth-order valence-corrected chi connectivity index (χ4v) is 11.8. The van der Waals surface area contributed by atoms with Crippen LogP contribution in [0.5, 0.6) is 5.75 Å². The highest BCUT2D eigenvalue weighted by Crippen LogP contribution is 2.46. The minimum atomic E-state index is -2.74. The molecule has 0 aliphatic carbocycles. The van der Waals surface area contributed by atoms with Gasteiger partial charge in [0.1, 0.15) is 17.4 Å². The number of rotatable bonds is 9. The summed E-state index contributed by atoms with van der Waals surface area (Å²) in [7, 11) is 3.30. The maximum Gasteiger partial charge on any atom is 0.329 e. The molecule has 5 aliphatic heterocycles. The Balaban J connectivity index is 0.802. The number of hydrogen-bond acceptors (Lipinski definition) is 10. The first-order chi connectivity index (χ1) is 32.9. The molecule has 3 saturated heterocycles. The molecule has 6 aromatic rings. The van der Waals surface area contributed by atoms with Crippen LogP contribution in [0.25, 0.3) is 27.8 Å². The van der Waals surface area contributed by atoms with Crippen LogP contribution in [0.1, 0.15) is 92.8 Å².